The SMILES string of the molecule is COc1cccc(/C=C/C(=O)Nc2ccc(S(=O)(=O)N3CCCC3)cc2)c1. The highest BCUT2D eigenvalue weighted by atomic mass is 32.2. The van der Waals surface area contributed by atoms with Crippen molar-refractivity contribution in [1.29, 1.82) is 0 Å². The van der Waals surface area contributed by atoms with Crippen LogP contribution in [0.25, 0.3) is 6.08 Å². The average molecular weight is 386 g/mol. The highest BCUT2D eigenvalue weighted by Gasteiger charge is 2.26. The van der Waals surface area contributed by atoms with Crippen LogP contribution in [0.4, 0.5) is 5.69 Å². The molecule has 1 fully saturated rings. The molecule has 1 amide bonds. The van der Waals surface area contributed by atoms with Crippen LogP contribution < -0.4 is 10.1 Å². The van der Waals surface area contributed by atoms with Crippen molar-refractivity contribution >= 4 is 27.7 Å². The highest BCUT2D eigenvalue weighted by Crippen LogP contribution is 2.22. The van der Waals surface area contributed by atoms with Gasteiger partial charge < -0.3 is 10.1 Å². The summed E-state index contributed by atoms with van der Waals surface area (Å²) >= 11 is 0. The Bertz CT molecular complexity index is 931. The summed E-state index contributed by atoms with van der Waals surface area (Å²) in [5, 5.41) is 2.72. The number of amides is 1. The number of rotatable bonds is 6. The van der Waals surface area contributed by atoms with E-state index in [0.717, 1.165) is 18.4 Å². The van der Waals surface area contributed by atoms with Crippen LogP contribution in [0.2, 0.25) is 0 Å². The smallest absolute Gasteiger partial charge is 0.248 e. The fourth-order valence-corrected chi connectivity index (χ4v) is 4.41. The molecule has 0 aliphatic carbocycles. The predicted molar refractivity (Wildman–Crippen MR) is 105 cm³/mol. The van der Waals surface area contributed by atoms with E-state index in [4.69, 9.17) is 4.74 Å². The van der Waals surface area contributed by atoms with E-state index in [1.54, 1.807) is 25.3 Å². The van der Waals surface area contributed by atoms with Crippen LogP contribution in [0.3, 0.4) is 0 Å². The second kappa shape index (κ2) is 8.37. The Kier molecular flexibility index (Phi) is 5.93. The van der Waals surface area contributed by atoms with Crippen molar-refractivity contribution in [3.63, 3.8) is 0 Å². The number of carbonyl (C=O) groups excluding carboxylic acids is 1. The maximum absolute atomic E-state index is 12.5. The molecular weight excluding hydrogens is 364 g/mol. The lowest BCUT2D eigenvalue weighted by Gasteiger charge is -2.15. The molecule has 27 heavy (non-hydrogen) atoms. The van der Waals surface area contributed by atoms with Crippen molar-refractivity contribution < 1.29 is 17.9 Å². The first kappa shape index (κ1) is 19.1. The zero-order chi connectivity index (χ0) is 19.3. The Hall–Kier alpha value is -2.64. The Balaban J connectivity index is 1.63. The van der Waals surface area contributed by atoms with E-state index in [1.807, 2.05) is 24.3 Å². The first-order valence-corrected chi connectivity index (χ1v) is 10.2. The van der Waals surface area contributed by atoms with Gasteiger partial charge in [0.2, 0.25) is 15.9 Å². The van der Waals surface area contributed by atoms with E-state index in [-0.39, 0.29) is 10.8 Å². The maximum Gasteiger partial charge on any atom is 0.248 e. The fourth-order valence-electron chi connectivity index (χ4n) is 2.89. The number of hydrogen-bond acceptors (Lipinski definition) is 4. The lowest BCUT2D eigenvalue weighted by Crippen LogP contribution is -2.27. The highest BCUT2D eigenvalue weighted by molar-refractivity contribution is 7.89. The number of carbonyl (C=O) groups is 1. The normalized spacial score (nSPS) is 15.1. The molecule has 0 unspecified atom stereocenters. The summed E-state index contributed by atoms with van der Waals surface area (Å²) in [6.45, 7) is 1.13. The minimum absolute atomic E-state index is 0.245. The molecule has 3 rings (SSSR count). The molecule has 1 N–H and O–H groups in total. The number of anilines is 1. The fraction of sp³-hybridized carbons (Fsp3) is 0.250. The molecule has 0 saturated carbocycles. The van der Waals surface area contributed by atoms with Crippen molar-refractivity contribution in [3.8, 4) is 5.75 Å². The van der Waals surface area contributed by atoms with Gasteiger partial charge in [-0.2, -0.15) is 4.31 Å². The van der Waals surface area contributed by atoms with Crippen LogP contribution in [-0.2, 0) is 14.8 Å². The number of nitrogens with one attached hydrogen (secondary N) is 1. The second-order valence-corrected chi connectivity index (χ2v) is 8.17. The molecule has 0 atom stereocenters. The van der Waals surface area contributed by atoms with Gasteiger partial charge in [0.05, 0.1) is 12.0 Å². The molecule has 1 heterocycles. The first-order chi connectivity index (χ1) is 13.0. The molecule has 7 heteroatoms. The van der Waals surface area contributed by atoms with Gasteiger partial charge in [-0.3, -0.25) is 4.79 Å². The summed E-state index contributed by atoms with van der Waals surface area (Å²) in [7, 11) is -1.86. The van der Waals surface area contributed by atoms with E-state index in [2.05, 4.69) is 5.32 Å². The third-order valence-corrected chi connectivity index (χ3v) is 6.26. The minimum Gasteiger partial charge on any atom is -0.497 e. The summed E-state index contributed by atoms with van der Waals surface area (Å²) in [6, 6.07) is 13.6. The van der Waals surface area contributed by atoms with Crippen molar-refractivity contribution in [2.45, 2.75) is 17.7 Å². The first-order valence-electron chi connectivity index (χ1n) is 8.72. The van der Waals surface area contributed by atoms with Crippen LogP contribution in [-0.4, -0.2) is 38.8 Å². The molecule has 0 bridgehead atoms. The van der Waals surface area contributed by atoms with Gasteiger partial charge >= 0.3 is 0 Å². The van der Waals surface area contributed by atoms with E-state index < -0.39 is 10.0 Å². The van der Waals surface area contributed by atoms with E-state index in [0.29, 0.717) is 24.5 Å². The summed E-state index contributed by atoms with van der Waals surface area (Å²) in [5.41, 5.74) is 1.38. The standard InChI is InChI=1S/C20H22N2O4S/c1-26-18-6-4-5-16(15-18)7-12-20(23)21-17-8-10-19(11-9-17)27(24,25)22-13-2-3-14-22/h4-12,15H,2-3,13-14H2,1H3,(H,21,23)/b12-7+. The van der Waals surface area contributed by atoms with Gasteiger partial charge in [-0.05, 0) is 60.9 Å². The van der Waals surface area contributed by atoms with Crippen molar-refractivity contribution in [2.75, 3.05) is 25.5 Å². The molecular formula is C20H22N2O4S. The van der Waals surface area contributed by atoms with Gasteiger partial charge in [-0.1, -0.05) is 12.1 Å². The van der Waals surface area contributed by atoms with E-state index in [9.17, 15) is 13.2 Å². The number of benzene rings is 2. The third kappa shape index (κ3) is 4.75. The second-order valence-electron chi connectivity index (χ2n) is 6.23. The summed E-state index contributed by atoms with van der Waals surface area (Å²) in [6.07, 6.45) is 4.90. The van der Waals surface area contributed by atoms with Crippen LogP contribution >= 0.6 is 0 Å². The molecule has 6 nitrogen and oxygen atoms in total. The number of methoxy groups -OCH3 is 1. The zero-order valence-corrected chi connectivity index (χ0v) is 15.9. The Morgan fingerprint density at radius 1 is 1.11 bits per heavy atom. The molecule has 0 spiro atoms. The van der Waals surface area contributed by atoms with Crippen LogP contribution in [0, 0.1) is 0 Å². The summed E-state index contributed by atoms with van der Waals surface area (Å²) in [5.74, 6) is 0.417. The quantitative estimate of drug-likeness (QED) is 0.774. The molecule has 2 aromatic carbocycles. The van der Waals surface area contributed by atoms with Gasteiger partial charge in [-0.25, -0.2) is 8.42 Å². The number of ether oxygens (including phenoxy) is 1. The van der Waals surface area contributed by atoms with Gasteiger partial charge in [0.1, 0.15) is 5.75 Å². The number of nitrogens with zero attached hydrogens (tertiary/aromatic N) is 1. The van der Waals surface area contributed by atoms with Crippen LogP contribution in [0.15, 0.2) is 59.5 Å². The minimum atomic E-state index is -3.44. The molecule has 1 aliphatic heterocycles. The third-order valence-electron chi connectivity index (χ3n) is 4.35. The average Bonchev–Trinajstić information content (AvgIpc) is 3.23. The van der Waals surface area contributed by atoms with Gasteiger partial charge in [0, 0.05) is 24.9 Å². The molecule has 1 aliphatic rings. The molecule has 142 valence electrons. The summed E-state index contributed by atoms with van der Waals surface area (Å²) < 4.78 is 31.6. The number of sulfonamides is 1. The van der Waals surface area contributed by atoms with Gasteiger partial charge in [0.25, 0.3) is 0 Å². The summed E-state index contributed by atoms with van der Waals surface area (Å²) in [4.78, 5) is 12.3. The van der Waals surface area contributed by atoms with Crippen molar-refractivity contribution in [3.05, 3.63) is 60.2 Å². The molecule has 0 aromatic heterocycles. The van der Waals surface area contributed by atoms with Crippen LogP contribution in [0.1, 0.15) is 18.4 Å². The maximum atomic E-state index is 12.5. The lowest BCUT2D eigenvalue weighted by molar-refractivity contribution is -0.111. The Labute approximate surface area is 159 Å². The van der Waals surface area contributed by atoms with Crippen LogP contribution in [0.5, 0.6) is 5.75 Å². The number of hydrogen-bond donors (Lipinski definition) is 1. The van der Waals surface area contributed by atoms with Crippen molar-refractivity contribution in [1.82, 2.24) is 4.31 Å². The zero-order valence-electron chi connectivity index (χ0n) is 15.1. The largest absolute Gasteiger partial charge is 0.497 e. The van der Waals surface area contributed by atoms with Gasteiger partial charge in [0.15, 0.2) is 0 Å². The predicted octanol–water partition coefficient (Wildman–Crippen LogP) is 3.13. The Morgan fingerprint density at radius 3 is 2.48 bits per heavy atom. The van der Waals surface area contributed by atoms with E-state index in [1.165, 1.54) is 22.5 Å². The molecule has 2 aromatic rings. The van der Waals surface area contributed by atoms with Gasteiger partial charge in [-0.15, -0.1) is 0 Å². The van der Waals surface area contributed by atoms with Crippen molar-refractivity contribution in [2.24, 2.45) is 0 Å². The topological polar surface area (TPSA) is 75.7 Å². The Morgan fingerprint density at radius 2 is 1.81 bits per heavy atom. The lowest BCUT2D eigenvalue weighted by atomic mass is 10.2. The van der Waals surface area contributed by atoms with E-state index >= 15 is 0 Å². The monoisotopic (exact) mass is 386 g/mol. The molecule has 1 saturated heterocycles. The molecule has 0 radical (unpaired) electrons.